The lowest BCUT2D eigenvalue weighted by Crippen LogP contribution is -2.38. The Balaban J connectivity index is 2.81. The van der Waals surface area contributed by atoms with Gasteiger partial charge in [0.15, 0.2) is 0 Å². The molecule has 0 aliphatic rings. The monoisotopic (exact) mass is 305 g/mol. The molecular formula is C14H18Cl2FNO. The topological polar surface area (TPSA) is 29.1 Å². The number of carbonyl (C=O) groups excluding carboxylic acids is 1. The van der Waals surface area contributed by atoms with E-state index in [-0.39, 0.29) is 16.0 Å². The second kappa shape index (κ2) is 7.11. The first-order chi connectivity index (χ1) is 8.99. The summed E-state index contributed by atoms with van der Waals surface area (Å²) >= 11 is 11.8. The fraction of sp³-hybridized carbons (Fsp3) is 0.500. The van der Waals surface area contributed by atoms with Gasteiger partial charge in [-0.05, 0) is 25.0 Å². The number of benzene rings is 1. The van der Waals surface area contributed by atoms with Gasteiger partial charge in [-0.3, -0.25) is 4.79 Å². The average Bonchev–Trinajstić information content (AvgIpc) is 2.41. The molecule has 0 spiro atoms. The second-order valence-corrected chi connectivity index (χ2v) is 5.29. The van der Waals surface area contributed by atoms with E-state index in [1.807, 2.05) is 13.8 Å². The Hall–Kier alpha value is -0.800. The maximum absolute atomic E-state index is 13.6. The maximum atomic E-state index is 13.6. The summed E-state index contributed by atoms with van der Waals surface area (Å²) in [5.41, 5.74) is -0.269. The lowest BCUT2D eigenvalue weighted by Gasteiger charge is -2.29. The quantitative estimate of drug-likeness (QED) is 0.782. The van der Waals surface area contributed by atoms with Crippen molar-refractivity contribution in [2.45, 2.75) is 26.7 Å². The highest BCUT2D eigenvalue weighted by molar-refractivity contribution is 6.33. The molecule has 1 amide bonds. The lowest BCUT2D eigenvalue weighted by molar-refractivity contribution is 0.0928. The van der Waals surface area contributed by atoms with Crippen molar-refractivity contribution in [3.63, 3.8) is 0 Å². The standard InChI is InChI=1S/C14H18Cl2FNO/c1-3-14(4-2,8-15)9-18-13(19)12-10(16)6-5-7-11(12)17/h5-7H,3-4,8-9H2,1-2H3,(H,18,19). The van der Waals surface area contributed by atoms with E-state index in [0.29, 0.717) is 12.4 Å². The molecule has 1 N–H and O–H groups in total. The maximum Gasteiger partial charge on any atom is 0.255 e. The van der Waals surface area contributed by atoms with Crippen LogP contribution < -0.4 is 5.32 Å². The largest absolute Gasteiger partial charge is 0.351 e. The van der Waals surface area contributed by atoms with Crippen molar-refractivity contribution in [3.8, 4) is 0 Å². The minimum atomic E-state index is -0.616. The van der Waals surface area contributed by atoms with Crippen LogP contribution in [0.3, 0.4) is 0 Å². The van der Waals surface area contributed by atoms with E-state index in [4.69, 9.17) is 23.2 Å². The molecule has 0 saturated heterocycles. The van der Waals surface area contributed by atoms with Crippen LogP contribution in [-0.4, -0.2) is 18.3 Å². The Morgan fingerprint density at radius 1 is 1.37 bits per heavy atom. The molecule has 0 aliphatic carbocycles. The molecule has 1 aromatic rings. The summed E-state index contributed by atoms with van der Waals surface area (Å²) in [5, 5.41) is 2.84. The molecule has 2 nitrogen and oxygen atoms in total. The van der Waals surface area contributed by atoms with Gasteiger partial charge in [0.25, 0.3) is 5.91 Å². The lowest BCUT2D eigenvalue weighted by atomic mass is 9.84. The molecule has 0 radical (unpaired) electrons. The number of halogens is 3. The van der Waals surface area contributed by atoms with E-state index in [2.05, 4.69) is 5.32 Å². The number of alkyl halides is 1. The second-order valence-electron chi connectivity index (χ2n) is 4.62. The summed E-state index contributed by atoms with van der Waals surface area (Å²) in [6.07, 6.45) is 1.69. The molecule has 5 heteroatoms. The van der Waals surface area contributed by atoms with Crippen LogP contribution in [0.15, 0.2) is 18.2 Å². The van der Waals surface area contributed by atoms with E-state index in [1.165, 1.54) is 18.2 Å². The average molecular weight is 306 g/mol. The number of carbonyl (C=O) groups is 1. The zero-order valence-corrected chi connectivity index (χ0v) is 12.6. The molecule has 0 unspecified atom stereocenters. The minimum absolute atomic E-state index is 0.111. The zero-order valence-electron chi connectivity index (χ0n) is 11.1. The van der Waals surface area contributed by atoms with Crippen molar-refractivity contribution >= 4 is 29.1 Å². The number of nitrogens with one attached hydrogen (secondary N) is 1. The molecule has 1 rings (SSSR count). The third kappa shape index (κ3) is 3.83. The van der Waals surface area contributed by atoms with E-state index in [9.17, 15) is 9.18 Å². The predicted molar refractivity (Wildman–Crippen MR) is 77.5 cm³/mol. The summed E-state index contributed by atoms with van der Waals surface area (Å²) in [7, 11) is 0. The predicted octanol–water partition coefficient (Wildman–Crippen LogP) is 4.25. The van der Waals surface area contributed by atoms with Crippen molar-refractivity contribution in [1.29, 1.82) is 0 Å². The van der Waals surface area contributed by atoms with E-state index in [1.54, 1.807) is 0 Å². The van der Waals surface area contributed by atoms with E-state index in [0.717, 1.165) is 12.8 Å². The van der Waals surface area contributed by atoms with Gasteiger partial charge in [-0.1, -0.05) is 31.5 Å². The highest BCUT2D eigenvalue weighted by Gasteiger charge is 2.26. The molecule has 1 aromatic carbocycles. The van der Waals surface area contributed by atoms with Crippen LogP contribution in [0, 0.1) is 11.2 Å². The van der Waals surface area contributed by atoms with Gasteiger partial charge in [0.2, 0.25) is 0 Å². The summed E-state index contributed by atoms with van der Waals surface area (Å²) in [6, 6.07) is 4.18. The molecule has 19 heavy (non-hydrogen) atoms. The van der Waals surface area contributed by atoms with Crippen molar-refractivity contribution in [3.05, 3.63) is 34.6 Å². The Morgan fingerprint density at radius 3 is 2.47 bits per heavy atom. The van der Waals surface area contributed by atoms with Gasteiger partial charge < -0.3 is 5.32 Å². The highest BCUT2D eigenvalue weighted by Crippen LogP contribution is 2.27. The molecule has 0 aliphatic heterocycles. The number of amides is 1. The van der Waals surface area contributed by atoms with Crippen molar-refractivity contribution < 1.29 is 9.18 Å². The minimum Gasteiger partial charge on any atom is -0.351 e. The third-order valence-corrected chi connectivity index (χ3v) is 4.48. The van der Waals surface area contributed by atoms with Gasteiger partial charge in [-0.15, -0.1) is 11.6 Å². The SMILES string of the molecule is CCC(CC)(CCl)CNC(=O)c1c(F)cccc1Cl. The fourth-order valence-corrected chi connectivity index (χ4v) is 2.53. The smallest absolute Gasteiger partial charge is 0.255 e. The highest BCUT2D eigenvalue weighted by atomic mass is 35.5. The Labute approximate surface area is 123 Å². The van der Waals surface area contributed by atoms with Crippen molar-refractivity contribution in [1.82, 2.24) is 5.32 Å². The van der Waals surface area contributed by atoms with Crippen LogP contribution in [0.1, 0.15) is 37.0 Å². The van der Waals surface area contributed by atoms with Crippen LogP contribution in [0.4, 0.5) is 4.39 Å². The van der Waals surface area contributed by atoms with Crippen molar-refractivity contribution in [2.24, 2.45) is 5.41 Å². The van der Waals surface area contributed by atoms with Crippen LogP contribution in [-0.2, 0) is 0 Å². The van der Waals surface area contributed by atoms with Crippen LogP contribution in [0.25, 0.3) is 0 Å². The Kier molecular flexibility index (Phi) is 6.08. The van der Waals surface area contributed by atoms with Gasteiger partial charge in [0.05, 0.1) is 10.6 Å². The van der Waals surface area contributed by atoms with Crippen LogP contribution in [0.2, 0.25) is 5.02 Å². The first-order valence-corrected chi connectivity index (χ1v) is 7.19. The fourth-order valence-electron chi connectivity index (χ4n) is 1.81. The molecule has 106 valence electrons. The molecule has 0 bridgehead atoms. The molecule has 0 atom stereocenters. The van der Waals surface area contributed by atoms with Gasteiger partial charge in [0, 0.05) is 17.8 Å². The summed E-state index contributed by atoms with van der Waals surface area (Å²) in [6.45, 7) is 4.45. The first kappa shape index (κ1) is 16.3. The van der Waals surface area contributed by atoms with E-state index >= 15 is 0 Å². The molecular weight excluding hydrogens is 288 g/mol. The first-order valence-electron chi connectivity index (χ1n) is 6.28. The summed E-state index contributed by atoms with van der Waals surface area (Å²) < 4.78 is 13.6. The molecule has 0 aromatic heterocycles. The zero-order chi connectivity index (χ0) is 14.5. The van der Waals surface area contributed by atoms with Gasteiger partial charge in [0.1, 0.15) is 5.82 Å². The Morgan fingerprint density at radius 2 is 2.00 bits per heavy atom. The van der Waals surface area contributed by atoms with Gasteiger partial charge in [-0.2, -0.15) is 0 Å². The molecule has 0 fully saturated rings. The number of rotatable bonds is 6. The van der Waals surface area contributed by atoms with E-state index < -0.39 is 11.7 Å². The number of hydrogen-bond donors (Lipinski definition) is 1. The normalized spacial score (nSPS) is 11.4. The summed E-state index contributed by atoms with van der Waals surface area (Å²) in [5.74, 6) is -0.667. The van der Waals surface area contributed by atoms with Gasteiger partial charge >= 0.3 is 0 Å². The Bertz CT molecular complexity index is 419. The number of hydrogen-bond acceptors (Lipinski definition) is 1. The third-order valence-electron chi connectivity index (χ3n) is 3.60. The van der Waals surface area contributed by atoms with Gasteiger partial charge in [-0.25, -0.2) is 4.39 Å². The molecule has 0 heterocycles. The molecule has 0 saturated carbocycles. The van der Waals surface area contributed by atoms with Crippen LogP contribution >= 0.6 is 23.2 Å². The summed E-state index contributed by atoms with van der Waals surface area (Å²) in [4.78, 5) is 12.0. The van der Waals surface area contributed by atoms with Crippen LogP contribution in [0.5, 0.6) is 0 Å². The van der Waals surface area contributed by atoms with Crippen molar-refractivity contribution in [2.75, 3.05) is 12.4 Å².